The number of para-hydroxylation sites is 1. The van der Waals surface area contributed by atoms with Gasteiger partial charge in [-0.05, 0) is 18.6 Å². The summed E-state index contributed by atoms with van der Waals surface area (Å²) < 4.78 is 1.65. The second-order valence-electron chi connectivity index (χ2n) is 3.96. The molecule has 2 aromatic rings. The molecule has 0 aliphatic rings. The number of benzene rings is 1. The van der Waals surface area contributed by atoms with E-state index >= 15 is 0 Å². The van der Waals surface area contributed by atoms with Crippen molar-refractivity contribution in [2.75, 3.05) is 12.3 Å². The van der Waals surface area contributed by atoms with E-state index in [0.717, 1.165) is 5.56 Å². The number of aromatic nitrogens is 3. The summed E-state index contributed by atoms with van der Waals surface area (Å²) in [6, 6.07) is 5.41. The van der Waals surface area contributed by atoms with Crippen molar-refractivity contribution in [3.63, 3.8) is 0 Å². The number of amides is 1. The van der Waals surface area contributed by atoms with E-state index in [1.54, 1.807) is 23.1 Å². The Morgan fingerprint density at radius 2 is 2.33 bits per heavy atom. The number of carbonyl (C=O) groups is 1. The van der Waals surface area contributed by atoms with Crippen LogP contribution in [0.25, 0.3) is 0 Å². The number of rotatable bonds is 4. The number of carbonyl (C=O) groups excluding carboxylic acids is 1. The molecule has 6 nitrogen and oxygen atoms in total. The fourth-order valence-corrected chi connectivity index (χ4v) is 1.61. The Balaban J connectivity index is 1.93. The third kappa shape index (κ3) is 2.65. The number of nitrogens with one attached hydrogen (secondary N) is 1. The predicted molar refractivity (Wildman–Crippen MR) is 67.9 cm³/mol. The van der Waals surface area contributed by atoms with Crippen LogP contribution in [0.5, 0.6) is 0 Å². The van der Waals surface area contributed by atoms with E-state index in [-0.39, 0.29) is 5.91 Å². The summed E-state index contributed by atoms with van der Waals surface area (Å²) in [6.07, 6.45) is 3.34. The Kier molecular flexibility index (Phi) is 3.57. The largest absolute Gasteiger partial charge is 0.398 e. The first kappa shape index (κ1) is 12.1. The Bertz CT molecular complexity index is 535. The lowest BCUT2D eigenvalue weighted by atomic mass is 10.1. The fourth-order valence-electron chi connectivity index (χ4n) is 1.61. The van der Waals surface area contributed by atoms with E-state index in [9.17, 15) is 4.79 Å². The van der Waals surface area contributed by atoms with Crippen molar-refractivity contribution < 1.29 is 4.79 Å². The molecule has 0 aliphatic carbocycles. The highest BCUT2D eigenvalue weighted by molar-refractivity contribution is 5.99. The molecule has 18 heavy (non-hydrogen) atoms. The quantitative estimate of drug-likeness (QED) is 0.772. The zero-order valence-electron chi connectivity index (χ0n) is 10.1. The molecular weight excluding hydrogens is 230 g/mol. The van der Waals surface area contributed by atoms with Gasteiger partial charge in [0, 0.05) is 18.4 Å². The molecule has 2 rings (SSSR count). The van der Waals surface area contributed by atoms with Crippen LogP contribution >= 0.6 is 0 Å². The Morgan fingerprint density at radius 3 is 3.06 bits per heavy atom. The zero-order chi connectivity index (χ0) is 13.0. The maximum absolute atomic E-state index is 11.9. The van der Waals surface area contributed by atoms with Crippen LogP contribution in [0.15, 0.2) is 30.6 Å². The fraction of sp³-hybridized carbons (Fsp3) is 0.250. The van der Waals surface area contributed by atoms with Gasteiger partial charge in [0.1, 0.15) is 0 Å². The predicted octanol–water partition coefficient (Wildman–Crippen LogP) is 0.599. The molecule has 0 bridgehead atoms. The van der Waals surface area contributed by atoms with Crippen molar-refractivity contribution in [3.05, 3.63) is 41.7 Å². The number of hydrogen-bond acceptors (Lipinski definition) is 4. The van der Waals surface area contributed by atoms with Gasteiger partial charge >= 0.3 is 0 Å². The molecule has 0 fully saturated rings. The molecule has 1 amide bonds. The van der Waals surface area contributed by atoms with Gasteiger partial charge in [-0.2, -0.15) is 0 Å². The molecule has 0 atom stereocenters. The third-order valence-corrected chi connectivity index (χ3v) is 2.67. The molecule has 1 aromatic carbocycles. The lowest BCUT2D eigenvalue weighted by Gasteiger charge is -2.09. The van der Waals surface area contributed by atoms with Crippen LogP contribution in [0.4, 0.5) is 5.69 Å². The summed E-state index contributed by atoms with van der Waals surface area (Å²) in [5.41, 5.74) is 7.80. The van der Waals surface area contributed by atoms with E-state index in [2.05, 4.69) is 15.6 Å². The summed E-state index contributed by atoms with van der Waals surface area (Å²) in [4.78, 5) is 11.9. The van der Waals surface area contributed by atoms with Crippen LogP contribution in [-0.2, 0) is 6.54 Å². The molecule has 1 heterocycles. The molecule has 94 valence electrons. The van der Waals surface area contributed by atoms with Crippen LogP contribution in [0, 0.1) is 6.92 Å². The van der Waals surface area contributed by atoms with Crippen molar-refractivity contribution >= 4 is 11.6 Å². The lowest BCUT2D eigenvalue weighted by Crippen LogP contribution is -2.28. The standard InChI is InChI=1S/C12H15N5O/c1-9-3-2-4-10(11(9)13)12(18)14-5-7-17-8-6-15-16-17/h2-4,6,8H,5,7,13H2,1H3,(H,14,18). The van der Waals surface area contributed by atoms with Crippen LogP contribution in [0.1, 0.15) is 15.9 Å². The van der Waals surface area contributed by atoms with Gasteiger partial charge in [0.25, 0.3) is 5.91 Å². The monoisotopic (exact) mass is 245 g/mol. The first-order chi connectivity index (χ1) is 8.68. The normalized spacial score (nSPS) is 10.3. The van der Waals surface area contributed by atoms with Crippen molar-refractivity contribution in [2.45, 2.75) is 13.5 Å². The topological polar surface area (TPSA) is 85.8 Å². The first-order valence-electron chi connectivity index (χ1n) is 5.66. The third-order valence-electron chi connectivity index (χ3n) is 2.67. The Hall–Kier alpha value is -2.37. The number of nitrogen functional groups attached to an aromatic ring is 1. The highest BCUT2D eigenvalue weighted by Crippen LogP contribution is 2.15. The Labute approximate surface area is 105 Å². The average Bonchev–Trinajstić information content (AvgIpc) is 2.85. The number of aryl methyl sites for hydroxylation is 1. The van der Waals surface area contributed by atoms with Crippen molar-refractivity contribution in [3.8, 4) is 0 Å². The summed E-state index contributed by atoms with van der Waals surface area (Å²) in [5.74, 6) is -0.170. The van der Waals surface area contributed by atoms with Gasteiger partial charge in [0.2, 0.25) is 0 Å². The van der Waals surface area contributed by atoms with Crippen LogP contribution in [-0.4, -0.2) is 27.4 Å². The van der Waals surface area contributed by atoms with E-state index < -0.39 is 0 Å². The van der Waals surface area contributed by atoms with Crippen molar-refractivity contribution in [1.29, 1.82) is 0 Å². The zero-order valence-corrected chi connectivity index (χ0v) is 10.1. The number of nitrogens with zero attached hydrogens (tertiary/aromatic N) is 3. The van der Waals surface area contributed by atoms with Crippen molar-refractivity contribution in [2.24, 2.45) is 0 Å². The minimum Gasteiger partial charge on any atom is -0.398 e. The number of hydrogen-bond donors (Lipinski definition) is 2. The van der Waals surface area contributed by atoms with Gasteiger partial charge in [-0.3, -0.25) is 9.48 Å². The molecule has 3 N–H and O–H groups in total. The molecule has 0 saturated carbocycles. The highest BCUT2D eigenvalue weighted by atomic mass is 16.1. The molecule has 0 spiro atoms. The molecule has 6 heteroatoms. The Morgan fingerprint density at radius 1 is 1.50 bits per heavy atom. The molecule has 0 aliphatic heterocycles. The van der Waals surface area contributed by atoms with E-state index in [1.807, 2.05) is 19.1 Å². The van der Waals surface area contributed by atoms with Gasteiger partial charge in [-0.25, -0.2) is 0 Å². The van der Waals surface area contributed by atoms with Crippen LogP contribution < -0.4 is 11.1 Å². The molecule has 1 aromatic heterocycles. The molecule has 0 radical (unpaired) electrons. The number of nitrogens with two attached hydrogens (primary N) is 1. The lowest BCUT2D eigenvalue weighted by molar-refractivity contribution is 0.0952. The highest BCUT2D eigenvalue weighted by Gasteiger charge is 2.09. The molecular formula is C12H15N5O. The maximum atomic E-state index is 11.9. The van der Waals surface area contributed by atoms with Gasteiger partial charge in [0.15, 0.2) is 0 Å². The summed E-state index contributed by atoms with van der Waals surface area (Å²) in [6.45, 7) is 2.94. The van der Waals surface area contributed by atoms with E-state index in [0.29, 0.717) is 24.3 Å². The minimum atomic E-state index is -0.170. The number of anilines is 1. The van der Waals surface area contributed by atoms with Gasteiger partial charge < -0.3 is 11.1 Å². The van der Waals surface area contributed by atoms with Gasteiger partial charge in [-0.15, -0.1) is 5.10 Å². The second kappa shape index (κ2) is 5.31. The molecule has 0 unspecified atom stereocenters. The van der Waals surface area contributed by atoms with E-state index in [4.69, 9.17) is 5.73 Å². The maximum Gasteiger partial charge on any atom is 0.253 e. The SMILES string of the molecule is Cc1cccc(C(=O)NCCn2ccnn2)c1N. The van der Waals surface area contributed by atoms with Gasteiger partial charge in [0.05, 0.1) is 18.3 Å². The smallest absolute Gasteiger partial charge is 0.253 e. The second-order valence-corrected chi connectivity index (χ2v) is 3.96. The minimum absolute atomic E-state index is 0.170. The molecule has 0 saturated heterocycles. The van der Waals surface area contributed by atoms with Crippen molar-refractivity contribution in [1.82, 2.24) is 20.3 Å². The summed E-state index contributed by atoms with van der Waals surface area (Å²) >= 11 is 0. The summed E-state index contributed by atoms with van der Waals surface area (Å²) in [7, 11) is 0. The van der Waals surface area contributed by atoms with Gasteiger partial charge in [-0.1, -0.05) is 17.3 Å². The van der Waals surface area contributed by atoms with Crippen LogP contribution in [0.2, 0.25) is 0 Å². The van der Waals surface area contributed by atoms with E-state index in [1.165, 1.54) is 0 Å². The van der Waals surface area contributed by atoms with Crippen LogP contribution in [0.3, 0.4) is 0 Å². The first-order valence-corrected chi connectivity index (χ1v) is 5.66. The summed E-state index contributed by atoms with van der Waals surface area (Å²) in [5, 5.41) is 10.3. The average molecular weight is 245 g/mol.